The second-order valence-electron chi connectivity index (χ2n) is 4.39. The lowest BCUT2D eigenvalue weighted by Crippen LogP contribution is -2.42. The second kappa shape index (κ2) is 5.09. The van der Waals surface area contributed by atoms with Crippen molar-refractivity contribution >= 4 is 21.5 Å². The third kappa shape index (κ3) is 2.55. The number of hydrogen-bond donors (Lipinski definition) is 2. The maximum Gasteiger partial charge on any atom is 0.332 e. The standard InChI is InChI=1S/C12H14N4O4S/c1-15-10(13)9(11(17)16(2)12(15)18)21(19,20)14-8-6-4-3-5-7-8/h3-7,14H,13H2,1-2H3. The molecule has 0 bridgehead atoms. The van der Waals surface area contributed by atoms with Gasteiger partial charge in [0.1, 0.15) is 5.82 Å². The van der Waals surface area contributed by atoms with Crippen molar-refractivity contribution in [1.29, 1.82) is 0 Å². The van der Waals surface area contributed by atoms with Crippen LogP contribution in [0.3, 0.4) is 0 Å². The summed E-state index contributed by atoms with van der Waals surface area (Å²) in [5.41, 5.74) is 4.24. The van der Waals surface area contributed by atoms with Gasteiger partial charge in [-0.3, -0.25) is 18.7 Å². The summed E-state index contributed by atoms with van der Waals surface area (Å²) in [6.07, 6.45) is 0. The molecule has 0 fully saturated rings. The number of nitrogen functional groups attached to an aromatic ring is 1. The quantitative estimate of drug-likeness (QED) is 0.790. The summed E-state index contributed by atoms with van der Waals surface area (Å²) in [7, 11) is -1.73. The van der Waals surface area contributed by atoms with Crippen LogP contribution >= 0.6 is 0 Å². The molecule has 0 unspecified atom stereocenters. The highest BCUT2D eigenvalue weighted by Crippen LogP contribution is 2.16. The summed E-state index contributed by atoms with van der Waals surface area (Å²) < 4.78 is 28.5. The van der Waals surface area contributed by atoms with E-state index in [1.165, 1.54) is 26.2 Å². The van der Waals surface area contributed by atoms with Crippen LogP contribution in [0, 0.1) is 0 Å². The second-order valence-corrected chi connectivity index (χ2v) is 6.01. The van der Waals surface area contributed by atoms with E-state index >= 15 is 0 Å². The van der Waals surface area contributed by atoms with Gasteiger partial charge in [-0.15, -0.1) is 0 Å². The zero-order chi connectivity index (χ0) is 15.8. The number of sulfonamides is 1. The number of anilines is 2. The van der Waals surface area contributed by atoms with Crippen molar-refractivity contribution in [3.63, 3.8) is 0 Å². The molecule has 1 aromatic heterocycles. The van der Waals surface area contributed by atoms with Crippen LogP contribution in [0.25, 0.3) is 0 Å². The topological polar surface area (TPSA) is 116 Å². The van der Waals surface area contributed by atoms with Gasteiger partial charge in [0.05, 0.1) is 0 Å². The molecule has 1 heterocycles. The Morgan fingerprint density at radius 3 is 2.19 bits per heavy atom. The molecular formula is C12H14N4O4S. The Kier molecular flexibility index (Phi) is 3.60. The Morgan fingerprint density at radius 2 is 1.62 bits per heavy atom. The number of aromatic nitrogens is 2. The van der Waals surface area contributed by atoms with Crippen LogP contribution in [0.5, 0.6) is 0 Å². The molecule has 8 nitrogen and oxygen atoms in total. The largest absolute Gasteiger partial charge is 0.384 e. The molecule has 0 radical (unpaired) electrons. The zero-order valence-corrected chi connectivity index (χ0v) is 12.2. The van der Waals surface area contributed by atoms with Gasteiger partial charge in [0.15, 0.2) is 4.90 Å². The van der Waals surface area contributed by atoms with Crippen LogP contribution in [0.15, 0.2) is 44.8 Å². The van der Waals surface area contributed by atoms with E-state index in [4.69, 9.17) is 5.73 Å². The van der Waals surface area contributed by atoms with Gasteiger partial charge in [-0.2, -0.15) is 0 Å². The first kappa shape index (κ1) is 14.9. The fraction of sp³-hybridized carbons (Fsp3) is 0.167. The summed E-state index contributed by atoms with van der Waals surface area (Å²) in [5, 5.41) is 0. The van der Waals surface area contributed by atoms with Gasteiger partial charge in [0.25, 0.3) is 15.6 Å². The van der Waals surface area contributed by atoms with Crippen LogP contribution < -0.4 is 21.7 Å². The van der Waals surface area contributed by atoms with Crippen LogP contribution in [0.1, 0.15) is 0 Å². The van der Waals surface area contributed by atoms with Gasteiger partial charge < -0.3 is 5.73 Å². The molecule has 9 heteroatoms. The molecule has 0 saturated heterocycles. The van der Waals surface area contributed by atoms with Crippen molar-refractivity contribution in [3.05, 3.63) is 51.2 Å². The maximum absolute atomic E-state index is 12.3. The fourth-order valence-corrected chi connectivity index (χ4v) is 3.12. The molecular weight excluding hydrogens is 296 g/mol. The number of rotatable bonds is 3. The molecule has 0 amide bonds. The summed E-state index contributed by atoms with van der Waals surface area (Å²) >= 11 is 0. The normalized spacial score (nSPS) is 11.3. The van der Waals surface area contributed by atoms with E-state index in [1.807, 2.05) is 0 Å². The number of para-hydroxylation sites is 1. The number of nitrogens with two attached hydrogens (primary N) is 1. The Labute approximate surface area is 120 Å². The molecule has 112 valence electrons. The van der Waals surface area contributed by atoms with E-state index < -0.39 is 32.0 Å². The van der Waals surface area contributed by atoms with Gasteiger partial charge in [-0.1, -0.05) is 18.2 Å². The highest BCUT2D eigenvalue weighted by atomic mass is 32.2. The summed E-state index contributed by atoms with van der Waals surface area (Å²) in [6, 6.07) is 8.05. The van der Waals surface area contributed by atoms with Crippen molar-refractivity contribution < 1.29 is 8.42 Å². The predicted molar refractivity (Wildman–Crippen MR) is 78.6 cm³/mol. The monoisotopic (exact) mass is 310 g/mol. The van der Waals surface area contributed by atoms with Crippen LogP contribution in [-0.2, 0) is 24.1 Å². The third-order valence-electron chi connectivity index (χ3n) is 2.96. The lowest BCUT2D eigenvalue weighted by molar-refractivity contribution is 0.591. The van der Waals surface area contributed by atoms with Crippen LogP contribution in [0.4, 0.5) is 11.5 Å². The minimum atomic E-state index is -4.20. The minimum absolute atomic E-state index is 0.285. The van der Waals surface area contributed by atoms with E-state index in [0.29, 0.717) is 4.57 Å². The Balaban J connectivity index is 2.67. The Morgan fingerprint density at radius 1 is 1.05 bits per heavy atom. The van der Waals surface area contributed by atoms with Crippen LogP contribution in [-0.4, -0.2) is 17.6 Å². The molecule has 0 atom stereocenters. The van der Waals surface area contributed by atoms with Crippen LogP contribution in [0.2, 0.25) is 0 Å². The molecule has 0 aliphatic carbocycles. The van der Waals surface area contributed by atoms with E-state index in [9.17, 15) is 18.0 Å². The number of hydrogen-bond acceptors (Lipinski definition) is 5. The number of benzene rings is 1. The van der Waals surface area contributed by atoms with E-state index in [-0.39, 0.29) is 5.69 Å². The summed E-state index contributed by atoms with van der Waals surface area (Å²) in [6.45, 7) is 0. The zero-order valence-electron chi connectivity index (χ0n) is 11.4. The van der Waals surface area contributed by atoms with Crippen molar-refractivity contribution in [1.82, 2.24) is 9.13 Å². The highest BCUT2D eigenvalue weighted by Gasteiger charge is 2.26. The first-order valence-corrected chi connectivity index (χ1v) is 7.37. The van der Waals surface area contributed by atoms with Gasteiger partial charge in [0, 0.05) is 19.8 Å². The van der Waals surface area contributed by atoms with Crippen molar-refractivity contribution in [2.45, 2.75) is 4.90 Å². The first-order valence-electron chi connectivity index (χ1n) is 5.89. The van der Waals surface area contributed by atoms with E-state index in [1.54, 1.807) is 18.2 Å². The average molecular weight is 310 g/mol. The number of nitrogens with zero attached hydrogens (tertiary/aromatic N) is 2. The smallest absolute Gasteiger partial charge is 0.332 e. The molecule has 2 aromatic rings. The average Bonchev–Trinajstić information content (AvgIpc) is 2.43. The highest BCUT2D eigenvalue weighted by molar-refractivity contribution is 7.92. The fourth-order valence-electron chi connectivity index (χ4n) is 1.79. The SMILES string of the molecule is Cn1c(N)c(S(=O)(=O)Nc2ccccc2)c(=O)n(C)c1=O. The summed E-state index contributed by atoms with van der Waals surface area (Å²) in [4.78, 5) is 23.1. The Hall–Kier alpha value is -2.55. The van der Waals surface area contributed by atoms with Gasteiger partial charge in [-0.25, -0.2) is 13.2 Å². The lowest BCUT2D eigenvalue weighted by Gasteiger charge is -2.13. The molecule has 2 rings (SSSR count). The predicted octanol–water partition coefficient (Wildman–Crippen LogP) is -0.533. The molecule has 21 heavy (non-hydrogen) atoms. The molecule has 1 aromatic carbocycles. The molecule has 3 N–H and O–H groups in total. The molecule has 0 aliphatic heterocycles. The number of nitrogens with one attached hydrogen (secondary N) is 1. The molecule has 0 spiro atoms. The van der Waals surface area contributed by atoms with Crippen molar-refractivity contribution in [2.24, 2.45) is 14.1 Å². The Bertz CT molecular complexity index is 897. The lowest BCUT2D eigenvalue weighted by atomic mass is 10.3. The van der Waals surface area contributed by atoms with Gasteiger partial charge in [0.2, 0.25) is 0 Å². The first-order chi connectivity index (χ1) is 9.75. The molecule has 0 aliphatic rings. The van der Waals surface area contributed by atoms with Gasteiger partial charge in [-0.05, 0) is 12.1 Å². The van der Waals surface area contributed by atoms with E-state index in [0.717, 1.165) is 4.57 Å². The van der Waals surface area contributed by atoms with Gasteiger partial charge >= 0.3 is 5.69 Å². The third-order valence-corrected chi connectivity index (χ3v) is 4.39. The maximum atomic E-state index is 12.3. The summed E-state index contributed by atoms with van der Waals surface area (Å²) in [5.74, 6) is -0.411. The van der Waals surface area contributed by atoms with Crippen molar-refractivity contribution in [2.75, 3.05) is 10.5 Å². The molecule has 0 saturated carbocycles. The van der Waals surface area contributed by atoms with Crippen molar-refractivity contribution in [3.8, 4) is 0 Å². The minimum Gasteiger partial charge on any atom is -0.384 e. The van der Waals surface area contributed by atoms with E-state index in [2.05, 4.69) is 4.72 Å².